The van der Waals surface area contributed by atoms with Crippen LogP contribution in [0.4, 0.5) is 0 Å². The lowest BCUT2D eigenvalue weighted by atomic mass is 10.1. The Morgan fingerprint density at radius 1 is 1.10 bits per heavy atom. The van der Waals surface area contributed by atoms with Gasteiger partial charge in [0.1, 0.15) is 11.5 Å². The Kier molecular flexibility index (Phi) is 5.85. The Morgan fingerprint density at radius 3 is 2.43 bits per heavy atom. The molecule has 0 aliphatic rings. The normalized spacial score (nSPS) is 12.2. The van der Waals surface area contributed by atoms with Crippen molar-refractivity contribution < 1.29 is 4.74 Å². The monoisotopic (exact) mass is 411 g/mol. The van der Waals surface area contributed by atoms with Gasteiger partial charge < -0.3 is 10.1 Å². The molecule has 0 saturated carbocycles. The molecule has 1 unspecified atom stereocenters. The zero-order valence-corrected chi connectivity index (χ0v) is 15.6. The number of hydrogen-bond acceptors (Lipinski definition) is 2. The molecule has 21 heavy (non-hydrogen) atoms. The minimum Gasteiger partial charge on any atom is -0.456 e. The van der Waals surface area contributed by atoms with E-state index in [-0.39, 0.29) is 0 Å². The van der Waals surface area contributed by atoms with Crippen LogP contribution in [0, 0.1) is 6.92 Å². The third-order valence-corrected chi connectivity index (χ3v) is 4.44. The van der Waals surface area contributed by atoms with Gasteiger partial charge in [-0.15, -0.1) is 0 Å². The van der Waals surface area contributed by atoms with Gasteiger partial charge in [0.2, 0.25) is 0 Å². The SMILES string of the molecule is CCNC(C)c1ccc(Oc2ccc(Br)cc2C)c(Br)c1. The van der Waals surface area contributed by atoms with Gasteiger partial charge in [-0.1, -0.05) is 28.9 Å². The topological polar surface area (TPSA) is 21.3 Å². The second-order valence-electron chi connectivity index (χ2n) is 4.98. The summed E-state index contributed by atoms with van der Waals surface area (Å²) in [7, 11) is 0. The molecule has 112 valence electrons. The van der Waals surface area contributed by atoms with Crippen molar-refractivity contribution in [3.8, 4) is 11.5 Å². The molecule has 0 amide bonds. The van der Waals surface area contributed by atoms with Gasteiger partial charge in [-0.2, -0.15) is 0 Å². The van der Waals surface area contributed by atoms with Gasteiger partial charge in [-0.3, -0.25) is 0 Å². The second-order valence-corrected chi connectivity index (χ2v) is 6.75. The minimum absolute atomic E-state index is 0.328. The first-order valence-electron chi connectivity index (χ1n) is 6.98. The van der Waals surface area contributed by atoms with E-state index in [1.54, 1.807) is 0 Å². The van der Waals surface area contributed by atoms with E-state index < -0.39 is 0 Å². The van der Waals surface area contributed by atoms with Crippen LogP contribution >= 0.6 is 31.9 Å². The first-order valence-corrected chi connectivity index (χ1v) is 8.56. The van der Waals surface area contributed by atoms with E-state index >= 15 is 0 Å². The van der Waals surface area contributed by atoms with Crippen molar-refractivity contribution in [1.29, 1.82) is 0 Å². The third kappa shape index (κ3) is 4.31. The molecule has 0 aromatic heterocycles. The quantitative estimate of drug-likeness (QED) is 0.651. The fraction of sp³-hybridized carbons (Fsp3) is 0.294. The summed E-state index contributed by atoms with van der Waals surface area (Å²) in [6, 6.07) is 12.5. The maximum atomic E-state index is 6.00. The van der Waals surface area contributed by atoms with Crippen molar-refractivity contribution in [2.75, 3.05) is 6.54 Å². The Labute approximate surface area is 143 Å². The van der Waals surface area contributed by atoms with E-state index in [9.17, 15) is 0 Å². The maximum absolute atomic E-state index is 6.00. The molecule has 2 nitrogen and oxygen atoms in total. The number of halogens is 2. The highest BCUT2D eigenvalue weighted by molar-refractivity contribution is 9.10. The number of benzene rings is 2. The van der Waals surface area contributed by atoms with Gasteiger partial charge in [0.15, 0.2) is 0 Å². The average Bonchev–Trinajstić information content (AvgIpc) is 2.44. The van der Waals surface area contributed by atoms with Crippen molar-refractivity contribution in [3.63, 3.8) is 0 Å². The molecular weight excluding hydrogens is 394 g/mol. The molecule has 0 aliphatic heterocycles. The summed E-state index contributed by atoms with van der Waals surface area (Å²) < 4.78 is 8.02. The molecule has 0 radical (unpaired) electrons. The van der Waals surface area contributed by atoms with Gasteiger partial charge >= 0.3 is 0 Å². The molecule has 0 bridgehead atoms. The molecule has 2 rings (SSSR count). The highest BCUT2D eigenvalue weighted by atomic mass is 79.9. The molecule has 1 N–H and O–H groups in total. The number of ether oxygens (including phenoxy) is 1. The van der Waals surface area contributed by atoms with Crippen LogP contribution in [0.2, 0.25) is 0 Å². The van der Waals surface area contributed by atoms with Crippen LogP contribution in [-0.4, -0.2) is 6.54 Å². The van der Waals surface area contributed by atoms with E-state index in [0.717, 1.165) is 32.6 Å². The van der Waals surface area contributed by atoms with E-state index in [2.05, 4.69) is 63.2 Å². The lowest BCUT2D eigenvalue weighted by Gasteiger charge is -2.15. The zero-order valence-electron chi connectivity index (χ0n) is 12.4. The van der Waals surface area contributed by atoms with E-state index in [1.165, 1.54) is 5.56 Å². The van der Waals surface area contributed by atoms with Crippen molar-refractivity contribution in [2.24, 2.45) is 0 Å². The summed E-state index contributed by atoms with van der Waals surface area (Å²) in [6.45, 7) is 7.26. The van der Waals surface area contributed by atoms with Crippen LogP contribution in [-0.2, 0) is 0 Å². The number of nitrogens with one attached hydrogen (secondary N) is 1. The molecule has 4 heteroatoms. The van der Waals surface area contributed by atoms with Crippen molar-refractivity contribution in [3.05, 3.63) is 56.5 Å². The van der Waals surface area contributed by atoms with E-state index in [0.29, 0.717) is 6.04 Å². The molecular formula is C17H19Br2NO. The van der Waals surface area contributed by atoms with Crippen LogP contribution in [0.5, 0.6) is 11.5 Å². The van der Waals surface area contributed by atoms with Gasteiger partial charge in [0.25, 0.3) is 0 Å². The molecule has 2 aromatic rings. The lowest BCUT2D eigenvalue weighted by Crippen LogP contribution is -2.17. The van der Waals surface area contributed by atoms with Crippen LogP contribution in [0.15, 0.2) is 45.3 Å². The zero-order chi connectivity index (χ0) is 15.4. The van der Waals surface area contributed by atoms with Crippen molar-refractivity contribution in [1.82, 2.24) is 5.32 Å². The van der Waals surface area contributed by atoms with Crippen LogP contribution in [0.1, 0.15) is 31.0 Å². The summed E-state index contributed by atoms with van der Waals surface area (Å²) in [5.74, 6) is 1.69. The molecule has 0 spiro atoms. The summed E-state index contributed by atoms with van der Waals surface area (Å²) >= 11 is 7.07. The van der Waals surface area contributed by atoms with Crippen molar-refractivity contribution >= 4 is 31.9 Å². The molecule has 2 aromatic carbocycles. The fourth-order valence-corrected chi connectivity index (χ4v) is 3.09. The first kappa shape index (κ1) is 16.5. The highest BCUT2D eigenvalue weighted by Gasteiger charge is 2.09. The summed E-state index contributed by atoms with van der Waals surface area (Å²) in [5, 5.41) is 3.41. The predicted molar refractivity (Wildman–Crippen MR) is 95.2 cm³/mol. The van der Waals surface area contributed by atoms with Crippen molar-refractivity contribution in [2.45, 2.75) is 26.8 Å². The predicted octanol–water partition coefficient (Wildman–Crippen LogP) is 5.98. The van der Waals surface area contributed by atoms with Crippen LogP contribution < -0.4 is 10.1 Å². The Balaban J connectivity index is 2.21. The summed E-state index contributed by atoms with van der Waals surface area (Å²) in [5.41, 5.74) is 2.34. The molecule has 0 heterocycles. The lowest BCUT2D eigenvalue weighted by molar-refractivity contribution is 0.475. The Morgan fingerprint density at radius 2 is 1.81 bits per heavy atom. The second kappa shape index (κ2) is 7.43. The molecule has 0 aliphatic carbocycles. The van der Waals surface area contributed by atoms with Gasteiger partial charge in [-0.25, -0.2) is 0 Å². The first-order chi connectivity index (χ1) is 10.0. The minimum atomic E-state index is 0.328. The average molecular weight is 413 g/mol. The standard InChI is InChI=1S/C17H19Br2NO/c1-4-20-12(3)13-5-7-17(15(19)10-13)21-16-8-6-14(18)9-11(16)2/h5-10,12,20H,4H2,1-3H3. The number of rotatable bonds is 5. The van der Waals surface area contributed by atoms with Gasteiger partial charge in [0, 0.05) is 10.5 Å². The summed E-state index contributed by atoms with van der Waals surface area (Å²) in [4.78, 5) is 0. The highest BCUT2D eigenvalue weighted by Crippen LogP contribution is 2.34. The van der Waals surface area contributed by atoms with Crippen LogP contribution in [0.3, 0.4) is 0 Å². The molecule has 0 saturated heterocycles. The van der Waals surface area contributed by atoms with Crippen LogP contribution in [0.25, 0.3) is 0 Å². The fourth-order valence-electron chi connectivity index (χ4n) is 2.14. The third-order valence-electron chi connectivity index (χ3n) is 3.32. The molecule has 1 atom stereocenters. The Bertz CT molecular complexity index is 628. The van der Waals surface area contributed by atoms with E-state index in [4.69, 9.17) is 4.74 Å². The number of aryl methyl sites for hydroxylation is 1. The Hall–Kier alpha value is -0.840. The summed E-state index contributed by atoms with van der Waals surface area (Å²) in [6.07, 6.45) is 0. The smallest absolute Gasteiger partial charge is 0.141 e. The van der Waals surface area contributed by atoms with Gasteiger partial charge in [0.05, 0.1) is 4.47 Å². The van der Waals surface area contributed by atoms with Gasteiger partial charge in [-0.05, 0) is 77.8 Å². The molecule has 0 fully saturated rings. The number of hydrogen-bond donors (Lipinski definition) is 1. The maximum Gasteiger partial charge on any atom is 0.141 e. The largest absolute Gasteiger partial charge is 0.456 e. The van der Waals surface area contributed by atoms with E-state index in [1.807, 2.05) is 31.2 Å².